The Morgan fingerprint density at radius 1 is 1.56 bits per heavy atom. The van der Waals surface area contributed by atoms with Crippen molar-refractivity contribution in [2.24, 2.45) is 0 Å². The molecule has 0 aliphatic rings. The van der Waals surface area contributed by atoms with Crippen LogP contribution in [0, 0.1) is 11.3 Å². The summed E-state index contributed by atoms with van der Waals surface area (Å²) < 4.78 is 4.81. The lowest BCUT2D eigenvalue weighted by Crippen LogP contribution is -2.24. The number of aromatic nitrogens is 1. The van der Waals surface area contributed by atoms with E-state index in [4.69, 9.17) is 9.68 Å². The highest BCUT2D eigenvalue weighted by atomic mass is 16.4. The Hall–Kier alpha value is -2.55. The van der Waals surface area contributed by atoms with Crippen molar-refractivity contribution in [3.05, 3.63) is 28.7 Å². The number of hydrogen-bond acceptors (Lipinski definition) is 4. The Bertz CT molecular complexity index is 647. The molecule has 0 aliphatic carbocycles. The second-order valence-corrected chi connectivity index (χ2v) is 3.17. The average Bonchev–Trinajstić information content (AvgIpc) is 2.65. The van der Waals surface area contributed by atoms with Gasteiger partial charge in [0.25, 0.3) is 0 Å². The number of anilines is 1. The molecule has 0 fully saturated rings. The molecule has 16 heavy (non-hydrogen) atoms. The summed E-state index contributed by atoms with van der Waals surface area (Å²) in [6, 6.07) is 6.22. The third-order valence-corrected chi connectivity index (χ3v) is 2.19. The quantitative estimate of drug-likeness (QED) is 0.708. The number of nitriles is 1. The van der Waals surface area contributed by atoms with Crippen molar-refractivity contribution >= 4 is 22.7 Å². The molecule has 0 spiro atoms. The van der Waals surface area contributed by atoms with E-state index in [-0.39, 0.29) is 0 Å². The molecule has 6 heteroatoms. The minimum atomic E-state index is -0.676. The fourth-order valence-corrected chi connectivity index (χ4v) is 1.34. The van der Waals surface area contributed by atoms with Crippen molar-refractivity contribution < 1.29 is 9.21 Å². The molecule has 1 heterocycles. The Labute approximate surface area is 89.7 Å². The summed E-state index contributed by atoms with van der Waals surface area (Å²) in [7, 11) is 1.48. The largest absolute Gasteiger partial charge is 0.417 e. The van der Waals surface area contributed by atoms with Crippen molar-refractivity contribution in [1.82, 2.24) is 4.98 Å². The second-order valence-electron chi connectivity index (χ2n) is 3.17. The maximum Gasteiger partial charge on any atom is 0.417 e. The number of benzene rings is 1. The molecule has 0 radical (unpaired) electrons. The first-order valence-corrected chi connectivity index (χ1v) is 4.42. The summed E-state index contributed by atoms with van der Waals surface area (Å²) in [5.41, 5.74) is 1.41. The van der Waals surface area contributed by atoms with E-state index < -0.39 is 11.7 Å². The molecule has 0 saturated carbocycles. The van der Waals surface area contributed by atoms with Gasteiger partial charge in [-0.05, 0) is 18.2 Å². The number of nitrogens with zero attached hydrogens (tertiary/aromatic N) is 2. The SMILES string of the molecule is CN(C(=O)C#N)c1ccc2oc(=O)[nH]c2c1. The van der Waals surface area contributed by atoms with Crippen LogP contribution in [0.4, 0.5) is 5.69 Å². The lowest BCUT2D eigenvalue weighted by molar-refractivity contribution is -0.113. The van der Waals surface area contributed by atoms with Gasteiger partial charge in [0, 0.05) is 12.7 Å². The van der Waals surface area contributed by atoms with E-state index in [1.807, 2.05) is 0 Å². The van der Waals surface area contributed by atoms with Gasteiger partial charge in [-0.2, -0.15) is 5.26 Å². The molecule has 2 aromatic rings. The highest BCUT2D eigenvalue weighted by molar-refractivity contribution is 6.04. The lowest BCUT2D eigenvalue weighted by atomic mass is 10.2. The van der Waals surface area contributed by atoms with Gasteiger partial charge in [-0.25, -0.2) is 4.79 Å². The third-order valence-electron chi connectivity index (χ3n) is 2.19. The molecule has 1 aromatic carbocycles. The van der Waals surface area contributed by atoms with E-state index in [1.165, 1.54) is 18.0 Å². The first-order valence-electron chi connectivity index (χ1n) is 4.42. The Morgan fingerprint density at radius 3 is 3.00 bits per heavy atom. The fraction of sp³-hybridized carbons (Fsp3) is 0.100. The molecule has 1 amide bonds. The third kappa shape index (κ3) is 1.54. The molecule has 0 saturated heterocycles. The number of carbonyl (C=O) groups is 1. The number of hydrogen-bond donors (Lipinski definition) is 1. The van der Waals surface area contributed by atoms with Gasteiger partial charge in [0.05, 0.1) is 5.52 Å². The highest BCUT2D eigenvalue weighted by Crippen LogP contribution is 2.18. The predicted molar refractivity (Wildman–Crippen MR) is 55.9 cm³/mol. The van der Waals surface area contributed by atoms with E-state index in [0.717, 1.165) is 0 Å². The fourth-order valence-electron chi connectivity index (χ4n) is 1.34. The van der Waals surface area contributed by atoms with Crippen molar-refractivity contribution in [2.75, 3.05) is 11.9 Å². The van der Waals surface area contributed by atoms with Gasteiger partial charge >= 0.3 is 11.7 Å². The normalized spacial score (nSPS) is 10.0. The number of H-pyrrole nitrogens is 1. The summed E-state index contributed by atoms with van der Waals surface area (Å²) in [6.45, 7) is 0. The molecule has 0 atom stereocenters. The van der Waals surface area contributed by atoms with Crippen LogP contribution < -0.4 is 10.7 Å². The first-order chi connectivity index (χ1) is 7.61. The highest BCUT2D eigenvalue weighted by Gasteiger charge is 2.11. The zero-order chi connectivity index (χ0) is 11.7. The zero-order valence-electron chi connectivity index (χ0n) is 8.35. The Kier molecular flexibility index (Phi) is 2.21. The molecule has 0 unspecified atom stereocenters. The van der Waals surface area contributed by atoms with Crippen molar-refractivity contribution in [1.29, 1.82) is 5.26 Å². The molecular weight excluding hydrogens is 210 g/mol. The second kappa shape index (κ2) is 3.55. The monoisotopic (exact) mass is 217 g/mol. The van der Waals surface area contributed by atoms with Crippen LogP contribution in [0.3, 0.4) is 0 Å². The van der Waals surface area contributed by atoms with E-state index in [0.29, 0.717) is 16.8 Å². The van der Waals surface area contributed by atoms with Crippen LogP contribution in [0.15, 0.2) is 27.4 Å². The van der Waals surface area contributed by atoms with Crippen LogP contribution in [0.1, 0.15) is 0 Å². The van der Waals surface area contributed by atoms with Crippen molar-refractivity contribution in [2.45, 2.75) is 0 Å². The minimum Gasteiger partial charge on any atom is -0.408 e. The average molecular weight is 217 g/mol. The van der Waals surface area contributed by atoms with E-state index >= 15 is 0 Å². The summed E-state index contributed by atoms with van der Waals surface area (Å²) in [4.78, 5) is 25.7. The zero-order valence-corrected chi connectivity index (χ0v) is 8.35. The standard InChI is InChI=1S/C10H7N3O3/c1-13(9(14)5-11)6-2-3-8-7(4-6)12-10(15)16-8/h2-4H,1H3,(H,12,15). The molecule has 0 aliphatic heterocycles. The number of rotatable bonds is 1. The molecule has 2 rings (SSSR count). The van der Waals surface area contributed by atoms with Crippen LogP contribution in [0.2, 0.25) is 0 Å². The molecule has 80 valence electrons. The van der Waals surface area contributed by atoms with Crippen LogP contribution in [0.5, 0.6) is 0 Å². The predicted octanol–water partition coefficient (Wildman–Crippen LogP) is 0.607. The first kappa shape index (κ1) is 9.98. The number of carbonyl (C=O) groups excluding carboxylic acids is 1. The summed E-state index contributed by atoms with van der Waals surface area (Å²) in [5, 5.41) is 8.47. The number of amides is 1. The number of nitrogens with one attached hydrogen (secondary N) is 1. The van der Waals surface area contributed by atoms with Gasteiger partial charge in [-0.15, -0.1) is 0 Å². The number of fused-ring (bicyclic) bond motifs is 1. The molecule has 0 bridgehead atoms. The smallest absolute Gasteiger partial charge is 0.408 e. The van der Waals surface area contributed by atoms with Crippen molar-refractivity contribution in [3.8, 4) is 6.07 Å². The Balaban J connectivity index is 2.51. The van der Waals surface area contributed by atoms with Gasteiger partial charge in [-0.3, -0.25) is 9.78 Å². The summed E-state index contributed by atoms with van der Waals surface area (Å²) >= 11 is 0. The molecule has 1 N–H and O–H groups in total. The Morgan fingerprint density at radius 2 is 2.31 bits per heavy atom. The van der Waals surface area contributed by atoms with Crippen LogP contribution in [0.25, 0.3) is 11.1 Å². The summed E-state index contributed by atoms with van der Waals surface area (Å²) in [6.07, 6.45) is 0. The lowest BCUT2D eigenvalue weighted by Gasteiger charge is -2.12. The van der Waals surface area contributed by atoms with Crippen LogP contribution in [-0.2, 0) is 4.79 Å². The van der Waals surface area contributed by atoms with E-state index in [1.54, 1.807) is 18.2 Å². The van der Waals surface area contributed by atoms with Gasteiger partial charge < -0.3 is 9.32 Å². The van der Waals surface area contributed by atoms with Gasteiger partial charge in [0.15, 0.2) is 11.7 Å². The summed E-state index contributed by atoms with van der Waals surface area (Å²) in [5.74, 6) is -1.23. The van der Waals surface area contributed by atoms with E-state index in [2.05, 4.69) is 4.98 Å². The van der Waals surface area contributed by atoms with Crippen LogP contribution >= 0.6 is 0 Å². The molecule has 6 nitrogen and oxygen atoms in total. The number of aromatic amines is 1. The van der Waals surface area contributed by atoms with Gasteiger partial charge in [0.1, 0.15) is 0 Å². The van der Waals surface area contributed by atoms with E-state index in [9.17, 15) is 9.59 Å². The topological polar surface area (TPSA) is 90.1 Å². The maximum absolute atomic E-state index is 11.1. The van der Waals surface area contributed by atoms with Crippen LogP contribution in [-0.4, -0.2) is 17.9 Å². The van der Waals surface area contributed by atoms with Gasteiger partial charge in [0.2, 0.25) is 0 Å². The van der Waals surface area contributed by atoms with Crippen molar-refractivity contribution in [3.63, 3.8) is 0 Å². The number of oxazole rings is 1. The maximum atomic E-state index is 11.1. The van der Waals surface area contributed by atoms with Gasteiger partial charge in [-0.1, -0.05) is 0 Å². The minimum absolute atomic E-state index is 0.409. The molecule has 1 aromatic heterocycles. The molecular formula is C10H7N3O3.